The Labute approximate surface area is 153 Å². The van der Waals surface area contributed by atoms with Crippen molar-refractivity contribution >= 4 is 37.5 Å². The number of methoxy groups -OCH3 is 1. The zero-order valence-electron chi connectivity index (χ0n) is 13.1. The summed E-state index contributed by atoms with van der Waals surface area (Å²) in [5.41, 5.74) is 1.03. The van der Waals surface area contributed by atoms with E-state index < -0.39 is 9.84 Å². The summed E-state index contributed by atoms with van der Waals surface area (Å²) < 4.78 is 35.0. The Kier molecular flexibility index (Phi) is 5.51. The minimum atomic E-state index is -2.88. The zero-order valence-corrected chi connectivity index (χ0v) is 16.3. The van der Waals surface area contributed by atoms with Gasteiger partial charge in [0.25, 0.3) is 5.22 Å². The van der Waals surface area contributed by atoms with Crippen molar-refractivity contribution in [3.05, 3.63) is 34.1 Å². The highest BCUT2D eigenvalue weighted by molar-refractivity contribution is 9.10. The minimum Gasteiger partial charge on any atom is -0.496 e. The van der Waals surface area contributed by atoms with Gasteiger partial charge in [0.2, 0.25) is 5.89 Å². The SMILES string of the molecule is COc1ccc(Br)cc1CSc1nnc(CC2CCS(=O)(=O)C2)o1. The van der Waals surface area contributed by atoms with Crippen molar-refractivity contribution in [2.75, 3.05) is 18.6 Å². The fourth-order valence-electron chi connectivity index (χ4n) is 2.66. The molecule has 0 N–H and O–H groups in total. The lowest BCUT2D eigenvalue weighted by Gasteiger charge is -2.07. The Hall–Kier alpha value is -1.06. The van der Waals surface area contributed by atoms with Crippen molar-refractivity contribution in [2.24, 2.45) is 5.92 Å². The molecule has 0 spiro atoms. The van der Waals surface area contributed by atoms with Crippen LogP contribution in [0.3, 0.4) is 0 Å². The van der Waals surface area contributed by atoms with Crippen LogP contribution in [-0.2, 0) is 22.0 Å². The molecule has 1 fully saturated rings. The van der Waals surface area contributed by atoms with Crippen LogP contribution in [0.1, 0.15) is 17.9 Å². The van der Waals surface area contributed by atoms with E-state index in [9.17, 15) is 8.42 Å². The van der Waals surface area contributed by atoms with Crippen LogP contribution in [0.2, 0.25) is 0 Å². The lowest BCUT2D eigenvalue weighted by molar-refractivity contribution is 0.389. The molecule has 1 unspecified atom stereocenters. The minimum absolute atomic E-state index is 0.0819. The van der Waals surface area contributed by atoms with E-state index in [1.807, 2.05) is 18.2 Å². The molecule has 1 saturated heterocycles. The molecule has 2 aromatic rings. The number of halogens is 1. The van der Waals surface area contributed by atoms with Gasteiger partial charge in [-0.15, -0.1) is 10.2 Å². The number of ether oxygens (including phenoxy) is 1. The average Bonchev–Trinajstić information content (AvgIpc) is 3.12. The van der Waals surface area contributed by atoms with Crippen LogP contribution in [0.15, 0.2) is 32.3 Å². The number of nitrogens with zero attached hydrogens (tertiary/aromatic N) is 2. The molecule has 0 aliphatic carbocycles. The molecule has 0 radical (unpaired) electrons. The van der Waals surface area contributed by atoms with E-state index in [0.717, 1.165) is 15.8 Å². The summed E-state index contributed by atoms with van der Waals surface area (Å²) >= 11 is 4.88. The van der Waals surface area contributed by atoms with Crippen molar-refractivity contribution < 1.29 is 17.6 Å². The second-order valence-corrected chi connectivity index (χ2v) is 9.75. The molecule has 1 atom stereocenters. The Balaban J connectivity index is 1.60. The van der Waals surface area contributed by atoms with Gasteiger partial charge in [0.15, 0.2) is 9.84 Å². The van der Waals surface area contributed by atoms with Crippen LogP contribution in [0.25, 0.3) is 0 Å². The van der Waals surface area contributed by atoms with Crippen molar-refractivity contribution in [3.8, 4) is 5.75 Å². The van der Waals surface area contributed by atoms with Gasteiger partial charge >= 0.3 is 0 Å². The first-order valence-corrected chi connectivity index (χ1v) is 11.0. The summed E-state index contributed by atoms with van der Waals surface area (Å²) in [6.45, 7) is 0. The van der Waals surface area contributed by atoms with E-state index >= 15 is 0 Å². The standard InChI is InChI=1S/C15H17BrN2O4S2/c1-21-13-3-2-12(16)7-11(13)8-23-15-18-17-14(22-15)6-10-4-5-24(19,20)9-10/h2-3,7,10H,4-6,8-9H2,1H3. The number of sulfone groups is 1. The molecule has 1 aromatic heterocycles. The third-order valence-corrected chi connectivity index (χ3v) is 7.03. The molecule has 1 aliphatic rings. The van der Waals surface area contributed by atoms with Gasteiger partial charge in [-0.2, -0.15) is 0 Å². The maximum Gasteiger partial charge on any atom is 0.276 e. The Morgan fingerprint density at radius 2 is 2.25 bits per heavy atom. The second-order valence-electron chi connectivity index (χ2n) is 5.68. The number of hydrogen-bond acceptors (Lipinski definition) is 7. The molecule has 1 aliphatic heterocycles. The van der Waals surface area contributed by atoms with Crippen molar-refractivity contribution in [1.82, 2.24) is 10.2 Å². The third-order valence-electron chi connectivity index (χ3n) is 3.83. The molecule has 0 amide bonds. The van der Waals surface area contributed by atoms with Gasteiger partial charge in [0.05, 0.1) is 18.6 Å². The summed E-state index contributed by atoms with van der Waals surface area (Å²) in [6, 6.07) is 5.82. The number of rotatable bonds is 6. The monoisotopic (exact) mass is 432 g/mol. The molecule has 3 rings (SSSR count). The highest BCUT2D eigenvalue weighted by atomic mass is 79.9. The molecular formula is C15H17BrN2O4S2. The smallest absolute Gasteiger partial charge is 0.276 e. The van der Waals surface area contributed by atoms with Gasteiger partial charge in [0, 0.05) is 22.2 Å². The van der Waals surface area contributed by atoms with Gasteiger partial charge in [-0.05, 0) is 30.5 Å². The largest absolute Gasteiger partial charge is 0.496 e. The molecule has 6 nitrogen and oxygen atoms in total. The Morgan fingerprint density at radius 3 is 2.96 bits per heavy atom. The maximum absolute atomic E-state index is 11.5. The Morgan fingerprint density at radius 1 is 1.42 bits per heavy atom. The molecule has 0 saturated carbocycles. The summed E-state index contributed by atoms with van der Waals surface area (Å²) in [6.07, 6.45) is 1.19. The number of thioether (sulfide) groups is 1. The predicted molar refractivity (Wildman–Crippen MR) is 95.0 cm³/mol. The molecule has 2 heterocycles. The van der Waals surface area contributed by atoms with Crippen LogP contribution in [0.4, 0.5) is 0 Å². The quantitative estimate of drug-likeness (QED) is 0.648. The first kappa shape index (κ1) is 17.8. The van der Waals surface area contributed by atoms with Gasteiger partial charge in [-0.25, -0.2) is 8.42 Å². The molecule has 24 heavy (non-hydrogen) atoms. The lowest BCUT2D eigenvalue weighted by atomic mass is 10.1. The molecule has 9 heteroatoms. The van der Waals surface area contributed by atoms with E-state index in [1.54, 1.807) is 7.11 Å². The molecule has 130 valence electrons. The van der Waals surface area contributed by atoms with Gasteiger partial charge in [-0.1, -0.05) is 27.7 Å². The fraction of sp³-hybridized carbons (Fsp3) is 0.467. The number of aromatic nitrogens is 2. The van der Waals surface area contributed by atoms with Crippen LogP contribution in [-0.4, -0.2) is 37.2 Å². The Bertz CT molecular complexity index is 823. The van der Waals surface area contributed by atoms with E-state index in [1.165, 1.54) is 11.8 Å². The average molecular weight is 433 g/mol. The highest BCUT2D eigenvalue weighted by Gasteiger charge is 2.29. The van der Waals surface area contributed by atoms with Gasteiger partial charge < -0.3 is 9.15 Å². The summed E-state index contributed by atoms with van der Waals surface area (Å²) in [4.78, 5) is 0. The highest BCUT2D eigenvalue weighted by Crippen LogP contribution is 2.30. The zero-order chi connectivity index (χ0) is 17.2. The van der Waals surface area contributed by atoms with Crippen LogP contribution >= 0.6 is 27.7 Å². The van der Waals surface area contributed by atoms with E-state index in [0.29, 0.717) is 29.7 Å². The molecule has 1 aromatic carbocycles. The normalized spacial score (nSPS) is 19.5. The molecular weight excluding hydrogens is 416 g/mol. The van der Waals surface area contributed by atoms with E-state index in [-0.39, 0.29) is 17.4 Å². The van der Waals surface area contributed by atoms with E-state index in [4.69, 9.17) is 9.15 Å². The maximum atomic E-state index is 11.5. The summed E-state index contributed by atoms with van der Waals surface area (Å²) in [5.74, 6) is 2.51. The van der Waals surface area contributed by atoms with E-state index in [2.05, 4.69) is 26.1 Å². The molecule has 0 bridgehead atoms. The van der Waals surface area contributed by atoms with Gasteiger partial charge in [-0.3, -0.25) is 0 Å². The van der Waals surface area contributed by atoms with Crippen molar-refractivity contribution in [3.63, 3.8) is 0 Å². The summed E-state index contributed by atoms with van der Waals surface area (Å²) in [7, 11) is -1.24. The predicted octanol–water partition coefficient (Wildman–Crippen LogP) is 3.11. The van der Waals surface area contributed by atoms with Crippen LogP contribution < -0.4 is 4.74 Å². The number of hydrogen-bond donors (Lipinski definition) is 0. The van der Waals surface area contributed by atoms with Crippen molar-refractivity contribution in [1.29, 1.82) is 0 Å². The van der Waals surface area contributed by atoms with Crippen molar-refractivity contribution in [2.45, 2.75) is 23.8 Å². The second kappa shape index (κ2) is 7.45. The lowest BCUT2D eigenvalue weighted by Crippen LogP contribution is -2.07. The number of benzene rings is 1. The fourth-order valence-corrected chi connectivity index (χ4v) is 5.69. The topological polar surface area (TPSA) is 82.3 Å². The first-order chi connectivity index (χ1) is 11.4. The third kappa shape index (κ3) is 4.52. The van der Waals surface area contributed by atoms with Gasteiger partial charge in [0.1, 0.15) is 5.75 Å². The summed E-state index contributed by atoms with van der Waals surface area (Å²) in [5, 5.41) is 8.54. The van der Waals surface area contributed by atoms with Crippen LogP contribution in [0.5, 0.6) is 5.75 Å². The first-order valence-electron chi connectivity index (χ1n) is 7.43. The van der Waals surface area contributed by atoms with Crippen LogP contribution in [0, 0.1) is 5.92 Å².